The minimum Gasteiger partial charge on any atom is -0.355 e. The SMILES string of the molecule is CC1C(=O)N(CC(=O)Nc2ccc(C(F)F)cc2)c2cc(N3CC4(C3)CC4(F)F)nc(F)c2-c2cccnc21. The van der Waals surface area contributed by atoms with E-state index in [4.69, 9.17) is 0 Å². The van der Waals surface area contributed by atoms with Crippen molar-refractivity contribution in [2.45, 2.75) is 31.6 Å². The molecule has 1 saturated heterocycles. The van der Waals surface area contributed by atoms with Crippen LogP contribution in [-0.4, -0.2) is 47.3 Å². The lowest BCUT2D eigenvalue weighted by Gasteiger charge is -2.41. The van der Waals surface area contributed by atoms with Crippen LogP contribution in [0.5, 0.6) is 0 Å². The van der Waals surface area contributed by atoms with Crippen LogP contribution < -0.4 is 15.1 Å². The number of aromatic nitrogens is 2. The lowest BCUT2D eigenvalue weighted by Crippen LogP contribution is -2.52. The maximum atomic E-state index is 15.7. The van der Waals surface area contributed by atoms with Gasteiger partial charge in [0.05, 0.1) is 28.3 Å². The number of hydrogen-bond donors (Lipinski definition) is 1. The summed E-state index contributed by atoms with van der Waals surface area (Å²) in [5.74, 6) is -5.62. The van der Waals surface area contributed by atoms with Gasteiger partial charge in [-0.05, 0) is 25.1 Å². The van der Waals surface area contributed by atoms with E-state index in [0.717, 1.165) is 4.90 Å². The Hall–Kier alpha value is -4.09. The summed E-state index contributed by atoms with van der Waals surface area (Å²) < 4.78 is 68.9. The Morgan fingerprint density at radius 3 is 2.51 bits per heavy atom. The fourth-order valence-corrected chi connectivity index (χ4v) is 5.35. The van der Waals surface area contributed by atoms with Gasteiger partial charge in [-0.2, -0.15) is 4.39 Å². The molecule has 1 unspecified atom stereocenters. The van der Waals surface area contributed by atoms with Gasteiger partial charge in [-0.3, -0.25) is 14.6 Å². The molecule has 1 N–H and O–H groups in total. The van der Waals surface area contributed by atoms with Crippen LogP contribution in [0.25, 0.3) is 11.1 Å². The van der Waals surface area contributed by atoms with Gasteiger partial charge in [-0.15, -0.1) is 0 Å². The summed E-state index contributed by atoms with van der Waals surface area (Å²) in [6.45, 7) is 1.08. The molecule has 1 aromatic carbocycles. The average Bonchev–Trinajstić information content (AvgIpc) is 3.49. The number of alkyl halides is 4. The number of halogens is 5. The minimum absolute atomic E-state index is 0.00279. The van der Waals surface area contributed by atoms with Gasteiger partial charge in [0.2, 0.25) is 17.8 Å². The molecule has 2 fully saturated rings. The van der Waals surface area contributed by atoms with E-state index in [9.17, 15) is 27.2 Å². The molecular formula is C27H22F5N5O2. The highest BCUT2D eigenvalue weighted by atomic mass is 19.3. The Balaban J connectivity index is 1.35. The largest absolute Gasteiger partial charge is 0.355 e. The number of carbonyl (C=O) groups excluding carboxylic acids is 2. The number of amides is 2. The first-order chi connectivity index (χ1) is 18.5. The van der Waals surface area contributed by atoms with Crippen LogP contribution in [0.2, 0.25) is 0 Å². The topological polar surface area (TPSA) is 78.4 Å². The van der Waals surface area contributed by atoms with Gasteiger partial charge >= 0.3 is 0 Å². The fourth-order valence-electron chi connectivity index (χ4n) is 5.35. The molecule has 39 heavy (non-hydrogen) atoms. The molecule has 1 aliphatic carbocycles. The summed E-state index contributed by atoms with van der Waals surface area (Å²) in [4.78, 5) is 37.6. The third-order valence-corrected chi connectivity index (χ3v) is 7.66. The van der Waals surface area contributed by atoms with E-state index >= 15 is 4.39 Å². The van der Waals surface area contributed by atoms with Crippen LogP contribution in [0.4, 0.5) is 39.1 Å². The average molecular weight is 543 g/mol. The number of pyridine rings is 2. The predicted octanol–water partition coefficient (Wildman–Crippen LogP) is 5.15. The van der Waals surface area contributed by atoms with Gasteiger partial charge in [0.15, 0.2) is 0 Å². The van der Waals surface area contributed by atoms with Gasteiger partial charge in [0.1, 0.15) is 12.4 Å². The van der Waals surface area contributed by atoms with E-state index in [1.54, 1.807) is 19.1 Å². The first-order valence-electron chi connectivity index (χ1n) is 12.3. The Kier molecular flexibility index (Phi) is 5.63. The fraction of sp³-hybridized carbons (Fsp3) is 0.333. The second-order valence-corrected chi connectivity index (χ2v) is 10.2. The number of fused-ring (bicyclic) bond motifs is 3. The van der Waals surface area contributed by atoms with Crippen LogP contribution in [-0.2, 0) is 9.59 Å². The smallest absolute Gasteiger partial charge is 0.263 e. The molecule has 7 nitrogen and oxygen atoms in total. The van der Waals surface area contributed by atoms with Crippen LogP contribution in [0, 0.1) is 11.4 Å². The van der Waals surface area contributed by atoms with E-state index in [1.807, 2.05) is 0 Å². The molecule has 1 saturated carbocycles. The zero-order chi connectivity index (χ0) is 27.7. The number of benzene rings is 1. The lowest BCUT2D eigenvalue weighted by atomic mass is 9.95. The van der Waals surface area contributed by atoms with Crippen molar-refractivity contribution in [1.29, 1.82) is 0 Å². The number of anilines is 3. The summed E-state index contributed by atoms with van der Waals surface area (Å²) >= 11 is 0. The highest BCUT2D eigenvalue weighted by Gasteiger charge is 2.76. The Bertz CT molecular complexity index is 1490. The number of carbonyl (C=O) groups is 2. The highest BCUT2D eigenvalue weighted by molar-refractivity contribution is 6.09. The molecule has 2 aliphatic heterocycles. The summed E-state index contributed by atoms with van der Waals surface area (Å²) in [6, 6.07) is 9.61. The van der Waals surface area contributed by atoms with Crippen LogP contribution in [0.3, 0.4) is 0 Å². The van der Waals surface area contributed by atoms with Crippen molar-refractivity contribution in [1.82, 2.24) is 9.97 Å². The van der Waals surface area contributed by atoms with Crippen molar-refractivity contribution in [2.75, 3.05) is 34.8 Å². The van der Waals surface area contributed by atoms with Crippen molar-refractivity contribution in [2.24, 2.45) is 5.41 Å². The number of nitrogens with one attached hydrogen (secondary N) is 1. The molecule has 202 valence electrons. The standard InChI is InChI=1S/C27H22F5N5O2/c1-14-22-17(3-2-8-33-22)21-18(9-19(35-24(21)30)36-12-26(13-36)11-27(26,31)32)37(25(14)39)10-20(38)34-16-6-4-15(5-7-16)23(28)29/h2-9,14,23H,10-13H2,1H3,(H,34,38). The van der Waals surface area contributed by atoms with E-state index in [-0.39, 0.29) is 47.8 Å². The number of rotatable bonds is 5. The van der Waals surface area contributed by atoms with Crippen LogP contribution in [0.1, 0.15) is 36.9 Å². The summed E-state index contributed by atoms with van der Waals surface area (Å²) in [5, 5.41) is 2.57. The quantitative estimate of drug-likeness (QED) is 0.356. The third-order valence-electron chi connectivity index (χ3n) is 7.66. The first-order valence-corrected chi connectivity index (χ1v) is 12.3. The van der Waals surface area contributed by atoms with Crippen LogP contribution >= 0.6 is 0 Å². The maximum absolute atomic E-state index is 15.7. The molecule has 6 rings (SSSR count). The third kappa shape index (κ3) is 4.09. The normalized spacial score (nSPS) is 20.3. The summed E-state index contributed by atoms with van der Waals surface area (Å²) in [6.07, 6.45) is -1.42. The summed E-state index contributed by atoms with van der Waals surface area (Å²) in [7, 11) is 0. The van der Waals surface area contributed by atoms with E-state index in [1.165, 1.54) is 41.4 Å². The lowest BCUT2D eigenvalue weighted by molar-refractivity contribution is -0.122. The highest BCUT2D eigenvalue weighted by Crippen LogP contribution is 2.65. The zero-order valence-electron chi connectivity index (χ0n) is 20.6. The van der Waals surface area contributed by atoms with Crippen molar-refractivity contribution in [3.05, 3.63) is 65.9 Å². The van der Waals surface area contributed by atoms with Crippen molar-refractivity contribution < 1.29 is 31.5 Å². The van der Waals surface area contributed by atoms with E-state index in [2.05, 4.69) is 15.3 Å². The molecule has 2 aromatic heterocycles. The molecule has 4 heterocycles. The molecule has 0 radical (unpaired) electrons. The number of nitrogens with zero attached hydrogens (tertiary/aromatic N) is 4. The maximum Gasteiger partial charge on any atom is 0.263 e. The van der Waals surface area contributed by atoms with Crippen molar-refractivity contribution in [3.8, 4) is 11.1 Å². The molecule has 12 heteroatoms. The molecule has 0 bridgehead atoms. The van der Waals surface area contributed by atoms with Crippen molar-refractivity contribution >= 4 is 29.0 Å². The molecule has 1 spiro atoms. The van der Waals surface area contributed by atoms with Gasteiger partial charge in [-0.25, -0.2) is 22.5 Å². The Morgan fingerprint density at radius 2 is 1.87 bits per heavy atom. The van der Waals surface area contributed by atoms with Gasteiger partial charge in [-0.1, -0.05) is 18.2 Å². The number of hydrogen-bond acceptors (Lipinski definition) is 5. The van der Waals surface area contributed by atoms with E-state index < -0.39 is 48.0 Å². The zero-order valence-corrected chi connectivity index (χ0v) is 20.6. The second-order valence-electron chi connectivity index (χ2n) is 10.2. The Labute approximate surface area is 219 Å². The van der Waals surface area contributed by atoms with Gasteiger partial charge in [0, 0.05) is 48.6 Å². The minimum atomic E-state index is -2.76. The first kappa shape index (κ1) is 25.2. The molecule has 2 amide bonds. The van der Waals surface area contributed by atoms with E-state index in [0.29, 0.717) is 11.3 Å². The molecule has 1 atom stereocenters. The second kappa shape index (κ2) is 8.72. The molecular weight excluding hydrogens is 521 g/mol. The van der Waals surface area contributed by atoms with Gasteiger partial charge in [0.25, 0.3) is 12.3 Å². The predicted molar refractivity (Wildman–Crippen MR) is 132 cm³/mol. The Morgan fingerprint density at radius 1 is 1.18 bits per heavy atom. The van der Waals surface area contributed by atoms with Gasteiger partial charge < -0.3 is 15.1 Å². The summed E-state index contributed by atoms with van der Waals surface area (Å²) in [5.41, 5.74) is -0.419. The molecule has 3 aliphatic rings. The van der Waals surface area contributed by atoms with Crippen molar-refractivity contribution in [3.63, 3.8) is 0 Å². The monoisotopic (exact) mass is 543 g/mol. The van der Waals surface area contributed by atoms with Crippen LogP contribution in [0.15, 0.2) is 48.7 Å². The molecule has 3 aromatic rings.